The molecule has 2 N–H and O–H groups in total. The van der Waals surface area contributed by atoms with Crippen LogP contribution in [-0.4, -0.2) is 43.1 Å². The molecule has 2 heterocycles. The van der Waals surface area contributed by atoms with Crippen LogP contribution in [0.3, 0.4) is 0 Å². The monoisotopic (exact) mass is 373 g/mol. The highest BCUT2D eigenvalue weighted by atomic mass is 19.4. The van der Waals surface area contributed by atoms with E-state index in [9.17, 15) is 22.8 Å². The average molecular weight is 373 g/mol. The molecule has 2 aromatic heterocycles. The van der Waals surface area contributed by atoms with Gasteiger partial charge in [-0.05, 0) is 25.5 Å². The van der Waals surface area contributed by atoms with Crippen LogP contribution in [0.5, 0.6) is 0 Å². The van der Waals surface area contributed by atoms with Crippen molar-refractivity contribution >= 4 is 11.9 Å². The van der Waals surface area contributed by atoms with Gasteiger partial charge in [-0.25, -0.2) is 0 Å². The molecule has 0 fully saturated rings. The second-order valence-corrected chi connectivity index (χ2v) is 5.61. The molecule has 0 saturated heterocycles. The molecule has 0 aliphatic heterocycles. The Hall–Kier alpha value is -2.85. The van der Waals surface area contributed by atoms with Gasteiger partial charge in [0.1, 0.15) is 5.69 Å². The molecule has 2 aromatic rings. The van der Waals surface area contributed by atoms with E-state index in [4.69, 9.17) is 5.11 Å². The summed E-state index contributed by atoms with van der Waals surface area (Å²) in [5.41, 5.74) is -0.406. The van der Waals surface area contributed by atoms with Crippen molar-refractivity contribution in [1.29, 1.82) is 0 Å². The van der Waals surface area contributed by atoms with Gasteiger partial charge in [-0.1, -0.05) is 0 Å². The number of amides is 1. The van der Waals surface area contributed by atoms with E-state index < -0.39 is 23.7 Å². The highest BCUT2D eigenvalue weighted by Crippen LogP contribution is 2.28. The third-order valence-corrected chi connectivity index (χ3v) is 3.53. The first-order chi connectivity index (χ1) is 12.2. The van der Waals surface area contributed by atoms with E-state index in [0.29, 0.717) is 12.1 Å². The van der Waals surface area contributed by atoms with Crippen LogP contribution in [0, 0.1) is 6.92 Å². The minimum atomic E-state index is -4.48. The number of aryl methyl sites for hydroxylation is 3. The summed E-state index contributed by atoms with van der Waals surface area (Å²) >= 11 is 0. The van der Waals surface area contributed by atoms with E-state index in [2.05, 4.69) is 15.5 Å². The topological polar surface area (TPSA) is 102 Å². The van der Waals surface area contributed by atoms with Gasteiger partial charge in [0, 0.05) is 25.0 Å². The maximum Gasteiger partial charge on any atom is 0.435 e. The largest absolute Gasteiger partial charge is 0.481 e. The van der Waals surface area contributed by atoms with Gasteiger partial charge >= 0.3 is 12.1 Å². The second-order valence-electron chi connectivity index (χ2n) is 5.61. The second kappa shape index (κ2) is 8.02. The fraction of sp³-hybridized carbons (Fsp3) is 0.467. The Bertz CT molecular complexity index is 782. The fourth-order valence-electron chi connectivity index (χ4n) is 2.21. The van der Waals surface area contributed by atoms with Crippen molar-refractivity contribution in [3.05, 3.63) is 35.4 Å². The molecular formula is C15H18F3N5O3. The Labute approximate surface area is 146 Å². The summed E-state index contributed by atoms with van der Waals surface area (Å²) in [6.07, 6.45) is -2.69. The Morgan fingerprint density at radius 2 is 2.00 bits per heavy atom. The third kappa shape index (κ3) is 5.33. The number of carbonyl (C=O) groups is 2. The number of aromatic nitrogens is 4. The van der Waals surface area contributed by atoms with Crippen LogP contribution in [0.4, 0.5) is 13.2 Å². The van der Waals surface area contributed by atoms with Crippen molar-refractivity contribution in [2.75, 3.05) is 6.54 Å². The van der Waals surface area contributed by atoms with Crippen LogP contribution in [0.2, 0.25) is 0 Å². The number of hydrogen-bond acceptors (Lipinski definition) is 4. The molecule has 0 aliphatic carbocycles. The SMILES string of the molecule is Cc1cc(C(F)(F)F)nn1CCCNC(=O)c1ccn(CCC(=O)O)n1. The van der Waals surface area contributed by atoms with Crippen molar-refractivity contribution < 1.29 is 27.9 Å². The number of carbonyl (C=O) groups excluding carboxylic acids is 1. The number of carboxylic acid groups (broad SMARTS) is 1. The summed E-state index contributed by atoms with van der Waals surface area (Å²) in [4.78, 5) is 22.4. The lowest BCUT2D eigenvalue weighted by Crippen LogP contribution is -2.26. The minimum absolute atomic E-state index is 0.105. The van der Waals surface area contributed by atoms with Crippen LogP contribution in [0.15, 0.2) is 18.3 Å². The number of halogens is 3. The normalized spacial score (nSPS) is 11.5. The minimum Gasteiger partial charge on any atom is -0.481 e. The summed E-state index contributed by atoms with van der Waals surface area (Å²) in [6.45, 7) is 2.16. The zero-order valence-electron chi connectivity index (χ0n) is 14.0. The molecule has 26 heavy (non-hydrogen) atoms. The lowest BCUT2D eigenvalue weighted by molar-refractivity contribution is -0.141. The summed E-state index contributed by atoms with van der Waals surface area (Å²) in [5.74, 6) is -1.40. The number of nitrogens with zero attached hydrogens (tertiary/aromatic N) is 4. The molecular weight excluding hydrogens is 355 g/mol. The first-order valence-corrected chi connectivity index (χ1v) is 7.82. The fourth-order valence-corrected chi connectivity index (χ4v) is 2.21. The molecule has 142 valence electrons. The molecule has 0 spiro atoms. The van der Waals surface area contributed by atoms with Crippen LogP contribution in [0.1, 0.15) is 34.7 Å². The molecule has 1 amide bonds. The standard InChI is InChI=1S/C15H18F3N5O3/c1-10-9-12(15(16,17)18)21-23(10)6-2-5-19-14(26)11-3-7-22(20-11)8-4-13(24)25/h3,7,9H,2,4-6,8H2,1H3,(H,19,26)(H,24,25). The highest BCUT2D eigenvalue weighted by Gasteiger charge is 2.34. The summed E-state index contributed by atoms with van der Waals surface area (Å²) in [6, 6.07) is 2.44. The van der Waals surface area contributed by atoms with E-state index in [-0.39, 0.29) is 31.7 Å². The van der Waals surface area contributed by atoms with Crippen molar-refractivity contribution in [3.8, 4) is 0 Å². The van der Waals surface area contributed by atoms with E-state index in [1.165, 1.54) is 28.6 Å². The van der Waals surface area contributed by atoms with E-state index in [1.54, 1.807) is 0 Å². The van der Waals surface area contributed by atoms with Gasteiger partial charge in [0.25, 0.3) is 5.91 Å². The van der Waals surface area contributed by atoms with Gasteiger partial charge < -0.3 is 10.4 Å². The van der Waals surface area contributed by atoms with Crippen LogP contribution >= 0.6 is 0 Å². The Kier molecular flexibility index (Phi) is 6.01. The summed E-state index contributed by atoms with van der Waals surface area (Å²) < 4.78 is 40.4. The van der Waals surface area contributed by atoms with Crippen molar-refractivity contribution in [2.45, 2.75) is 39.0 Å². The predicted molar refractivity (Wildman–Crippen MR) is 83.4 cm³/mol. The first kappa shape index (κ1) is 19.5. The first-order valence-electron chi connectivity index (χ1n) is 7.82. The maximum atomic E-state index is 12.6. The Morgan fingerprint density at radius 1 is 1.27 bits per heavy atom. The third-order valence-electron chi connectivity index (χ3n) is 3.53. The molecule has 2 rings (SSSR count). The molecule has 0 saturated carbocycles. The van der Waals surface area contributed by atoms with E-state index in [1.807, 2.05) is 0 Å². The quantitative estimate of drug-likeness (QED) is 0.686. The smallest absolute Gasteiger partial charge is 0.435 e. The summed E-state index contributed by atoms with van der Waals surface area (Å²) in [5, 5.41) is 18.7. The number of aliphatic carboxylic acids is 1. The Morgan fingerprint density at radius 3 is 2.62 bits per heavy atom. The molecule has 8 nitrogen and oxygen atoms in total. The molecule has 11 heteroatoms. The zero-order chi connectivity index (χ0) is 19.3. The number of carboxylic acids is 1. The average Bonchev–Trinajstić information content (AvgIpc) is 3.16. The predicted octanol–water partition coefficient (Wildman–Crippen LogP) is 1.70. The Balaban J connectivity index is 1.78. The van der Waals surface area contributed by atoms with Gasteiger partial charge in [-0.15, -0.1) is 0 Å². The molecule has 0 radical (unpaired) electrons. The van der Waals surface area contributed by atoms with E-state index in [0.717, 1.165) is 6.07 Å². The van der Waals surface area contributed by atoms with Crippen LogP contribution in [-0.2, 0) is 24.1 Å². The zero-order valence-corrected chi connectivity index (χ0v) is 14.0. The van der Waals surface area contributed by atoms with Gasteiger partial charge in [0.15, 0.2) is 5.69 Å². The van der Waals surface area contributed by atoms with Crippen LogP contribution < -0.4 is 5.32 Å². The van der Waals surface area contributed by atoms with Gasteiger partial charge in [-0.2, -0.15) is 23.4 Å². The van der Waals surface area contributed by atoms with Gasteiger partial charge in [0.2, 0.25) is 0 Å². The lowest BCUT2D eigenvalue weighted by Gasteiger charge is -2.06. The molecule has 0 aromatic carbocycles. The van der Waals surface area contributed by atoms with Crippen LogP contribution in [0.25, 0.3) is 0 Å². The molecule has 0 aliphatic rings. The van der Waals surface area contributed by atoms with Gasteiger partial charge in [-0.3, -0.25) is 19.0 Å². The number of alkyl halides is 3. The van der Waals surface area contributed by atoms with Crippen molar-refractivity contribution in [1.82, 2.24) is 24.9 Å². The number of nitrogens with one attached hydrogen (secondary N) is 1. The molecule has 0 bridgehead atoms. The number of hydrogen-bond donors (Lipinski definition) is 2. The maximum absolute atomic E-state index is 12.6. The van der Waals surface area contributed by atoms with E-state index >= 15 is 0 Å². The molecule has 0 unspecified atom stereocenters. The van der Waals surface area contributed by atoms with Crippen molar-refractivity contribution in [3.63, 3.8) is 0 Å². The summed E-state index contributed by atoms with van der Waals surface area (Å²) in [7, 11) is 0. The molecule has 0 atom stereocenters. The number of rotatable bonds is 8. The van der Waals surface area contributed by atoms with Crippen molar-refractivity contribution in [2.24, 2.45) is 0 Å². The van der Waals surface area contributed by atoms with Gasteiger partial charge in [0.05, 0.1) is 13.0 Å². The highest BCUT2D eigenvalue weighted by molar-refractivity contribution is 5.92. The lowest BCUT2D eigenvalue weighted by atomic mass is 10.3.